The number of aryl methyl sites for hydroxylation is 2. The molecule has 9 heteroatoms. The van der Waals surface area contributed by atoms with Crippen LogP contribution in [0.4, 0.5) is 5.69 Å². The molecule has 2 N–H and O–H groups in total. The second kappa shape index (κ2) is 12.3. The number of rotatable bonds is 9. The lowest BCUT2D eigenvalue weighted by atomic mass is 9.86. The second-order valence-electron chi connectivity index (χ2n) is 11.9. The number of sulfonamides is 1. The largest absolute Gasteiger partial charge is 0.493 e. The topological polar surface area (TPSA) is 111 Å². The van der Waals surface area contributed by atoms with Crippen LogP contribution in [-0.2, 0) is 26.0 Å². The summed E-state index contributed by atoms with van der Waals surface area (Å²) in [4.78, 5) is 12.8. The molecule has 0 saturated heterocycles. The number of carboxylic acids is 1. The molecule has 4 aromatic carbocycles. The van der Waals surface area contributed by atoms with E-state index in [1.807, 2.05) is 43.3 Å². The van der Waals surface area contributed by atoms with Gasteiger partial charge in [-0.2, -0.15) is 0 Å². The van der Waals surface area contributed by atoms with Gasteiger partial charge in [0.1, 0.15) is 17.2 Å². The van der Waals surface area contributed by atoms with Crippen molar-refractivity contribution in [1.82, 2.24) is 0 Å². The van der Waals surface area contributed by atoms with E-state index < -0.39 is 27.7 Å². The summed E-state index contributed by atoms with van der Waals surface area (Å²) in [5, 5.41) is 10.4. The summed E-state index contributed by atoms with van der Waals surface area (Å²) >= 11 is 0. The fourth-order valence-corrected chi connectivity index (χ4v) is 6.54. The zero-order valence-electron chi connectivity index (χ0n) is 25.5. The summed E-state index contributed by atoms with van der Waals surface area (Å²) in [6.07, 6.45) is 0.385. The minimum absolute atomic E-state index is 0.00373. The Morgan fingerprint density at radius 1 is 0.955 bits per heavy atom. The molecule has 44 heavy (non-hydrogen) atoms. The van der Waals surface area contributed by atoms with Gasteiger partial charge in [-0.25, -0.2) is 13.2 Å². The van der Waals surface area contributed by atoms with Crippen molar-refractivity contribution in [2.24, 2.45) is 0 Å². The van der Waals surface area contributed by atoms with Crippen LogP contribution in [0.3, 0.4) is 0 Å². The predicted octanol–water partition coefficient (Wildman–Crippen LogP) is 7.83. The highest BCUT2D eigenvalue weighted by molar-refractivity contribution is 7.92. The van der Waals surface area contributed by atoms with Crippen molar-refractivity contribution in [3.05, 3.63) is 101 Å². The van der Waals surface area contributed by atoms with Gasteiger partial charge >= 0.3 is 5.97 Å². The molecule has 8 nitrogen and oxygen atoms in total. The summed E-state index contributed by atoms with van der Waals surface area (Å²) in [5.74, 6) is 0.591. The maximum Gasteiger partial charge on any atom is 0.337 e. The Labute approximate surface area is 258 Å². The van der Waals surface area contributed by atoms with Crippen LogP contribution < -0.4 is 14.2 Å². The van der Waals surface area contributed by atoms with E-state index in [4.69, 9.17) is 14.2 Å². The SMILES string of the molecule is Cc1cc(NS(=O)(=O)c2cccc(Oc3ccccc3)c2)c(C)c(C(OC(C)(C)C)C(=O)O)c1-c1ccc2c(c1)CCCO2. The monoisotopic (exact) mass is 615 g/mol. The lowest BCUT2D eigenvalue weighted by molar-refractivity contribution is -0.160. The van der Waals surface area contributed by atoms with Crippen LogP contribution in [0.25, 0.3) is 11.1 Å². The molecule has 0 bridgehead atoms. The highest BCUT2D eigenvalue weighted by Gasteiger charge is 2.33. The first-order valence-corrected chi connectivity index (χ1v) is 16.0. The number of nitrogens with one attached hydrogen (secondary N) is 1. The summed E-state index contributed by atoms with van der Waals surface area (Å²) < 4.78 is 47.9. The van der Waals surface area contributed by atoms with E-state index in [9.17, 15) is 18.3 Å². The fourth-order valence-electron chi connectivity index (χ4n) is 5.39. The van der Waals surface area contributed by atoms with Gasteiger partial charge in [-0.15, -0.1) is 0 Å². The molecule has 0 aromatic heterocycles. The van der Waals surface area contributed by atoms with Crippen molar-refractivity contribution in [2.45, 2.75) is 64.1 Å². The zero-order valence-corrected chi connectivity index (χ0v) is 26.3. The number of benzene rings is 4. The summed E-state index contributed by atoms with van der Waals surface area (Å²) in [6, 6.07) is 22.9. The molecule has 4 aromatic rings. The van der Waals surface area contributed by atoms with E-state index in [1.54, 1.807) is 58.0 Å². The molecule has 1 aliphatic heterocycles. The summed E-state index contributed by atoms with van der Waals surface area (Å²) in [7, 11) is -4.09. The molecule has 0 saturated carbocycles. The Morgan fingerprint density at radius 2 is 1.68 bits per heavy atom. The molecule has 1 unspecified atom stereocenters. The second-order valence-corrected chi connectivity index (χ2v) is 13.6. The van der Waals surface area contributed by atoms with Gasteiger partial charge in [0.15, 0.2) is 6.10 Å². The molecule has 0 amide bonds. The number of hydrogen-bond acceptors (Lipinski definition) is 6. The molecule has 0 fully saturated rings. The molecule has 0 radical (unpaired) electrons. The molecule has 0 aliphatic carbocycles. The smallest absolute Gasteiger partial charge is 0.337 e. The molecular weight excluding hydrogens is 578 g/mol. The third-order valence-electron chi connectivity index (χ3n) is 7.33. The van der Waals surface area contributed by atoms with Gasteiger partial charge in [0.2, 0.25) is 0 Å². The number of fused-ring (bicyclic) bond motifs is 1. The van der Waals surface area contributed by atoms with Gasteiger partial charge < -0.3 is 19.3 Å². The first-order valence-electron chi connectivity index (χ1n) is 14.5. The number of anilines is 1. The van der Waals surface area contributed by atoms with Gasteiger partial charge in [-0.05, 0) is 118 Å². The number of para-hydroxylation sites is 1. The Hall–Kier alpha value is -4.34. The minimum Gasteiger partial charge on any atom is -0.493 e. The first-order chi connectivity index (χ1) is 20.8. The lowest BCUT2D eigenvalue weighted by Gasteiger charge is -2.30. The standard InChI is InChI=1S/C35H37NO7S/c1-22-19-29(36-44(39,40)28-15-9-14-27(21-28)42-26-12-7-6-8-13-26)23(2)32(33(34(37)38)43-35(3,4)5)31(22)25-16-17-30-24(20-25)11-10-18-41-30/h6-9,12-17,19-21,33,36H,10-11,18H2,1-5H3,(H,37,38). The van der Waals surface area contributed by atoms with Gasteiger partial charge in [0.05, 0.1) is 22.8 Å². The van der Waals surface area contributed by atoms with Crippen LogP contribution in [0.2, 0.25) is 0 Å². The maximum absolute atomic E-state index is 13.7. The third-order valence-corrected chi connectivity index (χ3v) is 8.69. The van der Waals surface area contributed by atoms with E-state index in [0.29, 0.717) is 40.4 Å². The average molecular weight is 616 g/mol. The van der Waals surface area contributed by atoms with Crippen LogP contribution in [0.1, 0.15) is 55.5 Å². The van der Waals surface area contributed by atoms with Crippen molar-refractivity contribution in [1.29, 1.82) is 0 Å². The Bertz CT molecular complexity index is 1790. The van der Waals surface area contributed by atoms with E-state index in [-0.39, 0.29) is 10.6 Å². The summed E-state index contributed by atoms with van der Waals surface area (Å²) in [5.41, 5.74) is 3.56. The number of carbonyl (C=O) groups is 1. The van der Waals surface area contributed by atoms with Crippen molar-refractivity contribution < 1.29 is 32.5 Å². The highest BCUT2D eigenvalue weighted by Crippen LogP contribution is 2.42. The van der Waals surface area contributed by atoms with Crippen LogP contribution in [0.5, 0.6) is 17.2 Å². The third kappa shape index (κ3) is 6.90. The fraction of sp³-hybridized carbons (Fsp3) is 0.286. The van der Waals surface area contributed by atoms with Crippen LogP contribution in [0.15, 0.2) is 83.8 Å². The highest BCUT2D eigenvalue weighted by atomic mass is 32.2. The molecule has 1 aliphatic rings. The molecule has 1 atom stereocenters. The number of ether oxygens (including phenoxy) is 3. The van der Waals surface area contributed by atoms with Gasteiger partial charge in [0, 0.05) is 11.6 Å². The Balaban J connectivity index is 1.60. The molecular formula is C35H37NO7S. The maximum atomic E-state index is 13.7. The van der Waals surface area contributed by atoms with Gasteiger partial charge in [-0.3, -0.25) is 4.72 Å². The van der Waals surface area contributed by atoms with Crippen LogP contribution >= 0.6 is 0 Å². The van der Waals surface area contributed by atoms with E-state index >= 15 is 0 Å². The van der Waals surface area contributed by atoms with Gasteiger partial charge in [-0.1, -0.05) is 30.3 Å². The van der Waals surface area contributed by atoms with E-state index in [0.717, 1.165) is 29.7 Å². The predicted molar refractivity (Wildman–Crippen MR) is 170 cm³/mol. The van der Waals surface area contributed by atoms with E-state index in [1.165, 1.54) is 12.1 Å². The summed E-state index contributed by atoms with van der Waals surface area (Å²) in [6.45, 7) is 9.59. The quantitative estimate of drug-likeness (QED) is 0.197. The average Bonchev–Trinajstić information content (AvgIpc) is 2.97. The number of hydrogen-bond donors (Lipinski definition) is 2. The van der Waals surface area contributed by atoms with Crippen molar-refractivity contribution >= 4 is 21.7 Å². The first kappa shape index (κ1) is 31.1. The van der Waals surface area contributed by atoms with Crippen LogP contribution in [0, 0.1) is 13.8 Å². The normalized spacial score (nSPS) is 13.8. The zero-order chi connectivity index (χ0) is 31.6. The number of aliphatic carboxylic acids is 1. The van der Waals surface area contributed by atoms with Crippen LogP contribution in [-0.4, -0.2) is 31.7 Å². The molecule has 0 spiro atoms. The van der Waals surface area contributed by atoms with Crippen molar-refractivity contribution in [3.8, 4) is 28.4 Å². The van der Waals surface area contributed by atoms with Gasteiger partial charge in [0.25, 0.3) is 10.0 Å². The lowest BCUT2D eigenvalue weighted by Crippen LogP contribution is -2.28. The van der Waals surface area contributed by atoms with Crippen molar-refractivity contribution in [2.75, 3.05) is 11.3 Å². The minimum atomic E-state index is -4.09. The molecule has 230 valence electrons. The van der Waals surface area contributed by atoms with E-state index in [2.05, 4.69) is 4.72 Å². The Kier molecular flexibility index (Phi) is 8.72. The molecule has 5 rings (SSSR count). The van der Waals surface area contributed by atoms with Crippen molar-refractivity contribution in [3.63, 3.8) is 0 Å². The Morgan fingerprint density at radius 3 is 2.39 bits per heavy atom. The number of carboxylic acid groups (broad SMARTS) is 1. The molecule has 1 heterocycles.